The maximum atomic E-state index is 6.18. The minimum atomic E-state index is 0.770. The van der Waals surface area contributed by atoms with Crippen LogP contribution in [0.25, 0.3) is 20.9 Å². The van der Waals surface area contributed by atoms with Gasteiger partial charge in [0.25, 0.3) is 0 Å². The minimum Gasteiger partial charge on any atom is -0.457 e. The standard InChI is InChI=1S/C68H54N2O4S/c1-3-65-66(4-2)68(50-27-31-52(32-28-50)70(55-37-45-63(46-38-55)73-59-21-13-7-14-22-59)56-39-47-64(48-40-56)74-60-23-15-8-16-24-60)75-67(65)49-25-29-51(30-26-49)69(53-33-41-61(42-34-53)71-57-17-9-5-10-18-57)54-35-43-62(44-36-54)72-58-19-11-6-12-20-58/h5-48H,3-4H2,1-2H3. The van der Waals surface area contributed by atoms with Gasteiger partial charge in [-0.1, -0.05) is 111 Å². The van der Waals surface area contributed by atoms with E-state index in [1.165, 1.54) is 32.0 Å². The molecule has 11 rings (SSSR count). The number of hydrogen-bond acceptors (Lipinski definition) is 7. The van der Waals surface area contributed by atoms with E-state index in [-0.39, 0.29) is 0 Å². The molecule has 1 aromatic heterocycles. The van der Waals surface area contributed by atoms with E-state index in [1.807, 2.05) is 181 Å². The Bertz CT molecular complexity index is 3150. The third-order valence-electron chi connectivity index (χ3n) is 12.9. The minimum absolute atomic E-state index is 0.770. The number of para-hydroxylation sites is 4. The van der Waals surface area contributed by atoms with Crippen LogP contribution in [0.1, 0.15) is 25.0 Å². The summed E-state index contributed by atoms with van der Waals surface area (Å²) in [6, 6.07) is 90.5. The first-order chi connectivity index (χ1) is 37.0. The van der Waals surface area contributed by atoms with Crippen LogP contribution >= 0.6 is 11.3 Å². The molecular weight excluding hydrogens is 941 g/mol. The topological polar surface area (TPSA) is 43.4 Å². The highest BCUT2D eigenvalue weighted by molar-refractivity contribution is 7.19. The lowest BCUT2D eigenvalue weighted by Gasteiger charge is -2.26. The number of ether oxygens (including phenoxy) is 4. The van der Waals surface area contributed by atoms with Crippen molar-refractivity contribution in [2.45, 2.75) is 26.7 Å². The molecule has 0 spiro atoms. The first kappa shape index (κ1) is 48.0. The lowest BCUT2D eigenvalue weighted by molar-refractivity contribution is 0.482. The van der Waals surface area contributed by atoms with Gasteiger partial charge >= 0.3 is 0 Å². The average Bonchev–Trinajstić information content (AvgIpc) is 3.86. The Hall–Kier alpha value is -9.30. The van der Waals surface area contributed by atoms with Gasteiger partial charge in [-0.05, 0) is 205 Å². The molecule has 0 atom stereocenters. The molecule has 0 aliphatic carbocycles. The second-order valence-electron chi connectivity index (χ2n) is 17.8. The van der Waals surface area contributed by atoms with Crippen molar-refractivity contribution in [1.29, 1.82) is 0 Å². The predicted octanol–water partition coefficient (Wildman–Crippen LogP) is 20.3. The highest BCUT2D eigenvalue weighted by Crippen LogP contribution is 2.46. The fraction of sp³-hybridized carbons (Fsp3) is 0.0588. The van der Waals surface area contributed by atoms with Gasteiger partial charge in [-0.2, -0.15) is 0 Å². The average molecular weight is 995 g/mol. The van der Waals surface area contributed by atoms with Gasteiger partial charge in [0.1, 0.15) is 46.0 Å². The molecule has 11 aromatic rings. The Morgan fingerprint density at radius 2 is 0.453 bits per heavy atom. The zero-order valence-corrected chi connectivity index (χ0v) is 42.6. The highest BCUT2D eigenvalue weighted by atomic mass is 32.1. The van der Waals surface area contributed by atoms with Gasteiger partial charge in [-0.25, -0.2) is 0 Å². The lowest BCUT2D eigenvalue weighted by atomic mass is 9.97. The molecule has 0 radical (unpaired) electrons. The van der Waals surface area contributed by atoms with Crippen LogP contribution in [0.2, 0.25) is 0 Å². The molecule has 6 nitrogen and oxygen atoms in total. The first-order valence-corrected chi connectivity index (χ1v) is 26.1. The molecule has 0 bridgehead atoms. The Morgan fingerprint density at radius 1 is 0.253 bits per heavy atom. The van der Waals surface area contributed by atoms with E-state index in [4.69, 9.17) is 18.9 Å². The molecule has 0 aliphatic rings. The number of benzene rings is 10. The zero-order valence-electron chi connectivity index (χ0n) is 41.8. The van der Waals surface area contributed by atoms with Gasteiger partial charge in [0.15, 0.2) is 0 Å². The third kappa shape index (κ3) is 11.2. The van der Waals surface area contributed by atoms with Crippen LogP contribution < -0.4 is 28.7 Å². The number of nitrogens with zero attached hydrogens (tertiary/aromatic N) is 2. The van der Waals surface area contributed by atoms with Crippen molar-refractivity contribution in [3.8, 4) is 66.9 Å². The molecule has 0 aliphatic heterocycles. The Balaban J connectivity index is 0.890. The highest BCUT2D eigenvalue weighted by Gasteiger charge is 2.21. The van der Waals surface area contributed by atoms with E-state index in [1.54, 1.807) is 0 Å². The van der Waals surface area contributed by atoms with Crippen molar-refractivity contribution in [2.24, 2.45) is 0 Å². The molecule has 0 N–H and O–H groups in total. The summed E-state index contributed by atoms with van der Waals surface area (Å²) in [6.07, 6.45) is 1.86. The molecule has 366 valence electrons. The molecule has 75 heavy (non-hydrogen) atoms. The van der Waals surface area contributed by atoms with Gasteiger partial charge in [-0.3, -0.25) is 0 Å². The van der Waals surface area contributed by atoms with Crippen LogP contribution in [0, 0.1) is 0 Å². The van der Waals surface area contributed by atoms with Crippen LogP contribution in [0.15, 0.2) is 267 Å². The zero-order chi connectivity index (χ0) is 50.8. The SMILES string of the molecule is CCc1c(-c2ccc(N(c3ccc(Oc4ccccc4)cc3)c3ccc(Oc4ccccc4)cc3)cc2)sc(-c2ccc(N(c3ccc(Oc4ccccc4)cc3)c3ccc(Oc4ccccc4)cc3)cc2)c1CC. The van der Waals surface area contributed by atoms with Gasteiger partial charge < -0.3 is 28.7 Å². The smallest absolute Gasteiger partial charge is 0.127 e. The Kier molecular flexibility index (Phi) is 14.5. The van der Waals surface area contributed by atoms with Gasteiger partial charge in [0, 0.05) is 43.9 Å². The van der Waals surface area contributed by atoms with Gasteiger partial charge in [-0.15, -0.1) is 11.3 Å². The van der Waals surface area contributed by atoms with Crippen LogP contribution in [-0.2, 0) is 12.8 Å². The second kappa shape index (κ2) is 22.6. The van der Waals surface area contributed by atoms with Crippen LogP contribution in [-0.4, -0.2) is 0 Å². The maximum absolute atomic E-state index is 6.18. The van der Waals surface area contributed by atoms with E-state index in [0.717, 1.165) is 93.0 Å². The fourth-order valence-corrected chi connectivity index (χ4v) is 10.8. The van der Waals surface area contributed by atoms with Crippen molar-refractivity contribution >= 4 is 45.5 Å². The Morgan fingerprint density at radius 3 is 0.667 bits per heavy atom. The summed E-state index contributed by atoms with van der Waals surface area (Å²) in [6.45, 7) is 4.54. The van der Waals surface area contributed by atoms with E-state index in [0.29, 0.717) is 0 Å². The molecular formula is C68H54N2O4S. The molecule has 0 unspecified atom stereocenters. The van der Waals surface area contributed by atoms with Crippen LogP contribution in [0.3, 0.4) is 0 Å². The normalized spacial score (nSPS) is 10.9. The van der Waals surface area contributed by atoms with Crippen molar-refractivity contribution in [3.05, 3.63) is 278 Å². The lowest BCUT2D eigenvalue weighted by Crippen LogP contribution is -2.09. The summed E-state index contributed by atoms with van der Waals surface area (Å²) in [4.78, 5) is 7.14. The molecule has 0 amide bonds. The van der Waals surface area contributed by atoms with Gasteiger partial charge in [0.05, 0.1) is 0 Å². The second-order valence-corrected chi connectivity index (χ2v) is 18.8. The maximum Gasteiger partial charge on any atom is 0.127 e. The quantitative estimate of drug-likeness (QED) is 0.0853. The van der Waals surface area contributed by atoms with Crippen molar-refractivity contribution < 1.29 is 18.9 Å². The van der Waals surface area contributed by atoms with E-state index in [2.05, 4.69) is 121 Å². The molecule has 0 fully saturated rings. The summed E-state index contributed by atoms with van der Waals surface area (Å²) < 4.78 is 24.7. The van der Waals surface area contributed by atoms with Crippen molar-refractivity contribution in [1.82, 2.24) is 0 Å². The van der Waals surface area contributed by atoms with Crippen molar-refractivity contribution in [3.63, 3.8) is 0 Å². The fourth-order valence-electron chi connectivity index (χ4n) is 9.28. The molecule has 1 heterocycles. The summed E-state index contributed by atoms with van der Waals surface area (Å²) in [5, 5.41) is 0. The largest absolute Gasteiger partial charge is 0.457 e. The Labute approximate surface area is 443 Å². The van der Waals surface area contributed by atoms with E-state index in [9.17, 15) is 0 Å². The van der Waals surface area contributed by atoms with E-state index < -0.39 is 0 Å². The van der Waals surface area contributed by atoms with Gasteiger partial charge in [0.2, 0.25) is 0 Å². The summed E-state index contributed by atoms with van der Waals surface area (Å²) in [5.41, 5.74) is 11.3. The number of hydrogen-bond donors (Lipinski definition) is 0. The summed E-state index contributed by atoms with van der Waals surface area (Å²) >= 11 is 1.88. The molecule has 10 aromatic carbocycles. The summed E-state index contributed by atoms with van der Waals surface area (Å²) in [7, 11) is 0. The monoisotopic (exact) mass is 994 g/mol. The first-order valence-electron chi connectivity index (χ1n) is 25.3. The predicted molar refractivity (Wildman–Crippen MR) is 309 cm³/mol. The molecule has 0 saturated carbocycles. The van der Waals surface area contributed by atoms with Crippen molar-refractivity contribution in [2.75, 3.05) is 9.80 Å². The number of rotatable bonds is 18. The van der Waals surface area contributed by atoms with E-state index >= 15 is 0 Å². The third-order valence-corrected chi connectivity index (χ3v) is 14.3. The number of anilines is 6. The summed E-state index contributed by atoms with van der Waals surface area (Å²) in [5.74, 6) is 6.26. The molecule has 0 saturated heterocycles. The van der Waals surface area contributed by atoms with Crippen LogP contribution in [0.4, 0.5) is 34.1 Å². The number of thiophene rings is 1. The molecule has 7 heteroatoms. The van der Waals surface area contributed by atoms with Crippen LogP contribution in [0.5, 0.6) is 46.0 Å².